The zero-order valence-corrected chi connectivity index (χ0v) is 22.9. The molecule has 0 aliphatic carbocycles. The number of methoxy groups -OCH3 is 1. The number of halogens is 1. The lowest BCUT2D eigenvalue weighted by Gasteiger charge is -2.38. The van der Waals surface area contributed by atoms with E-state index in [1.165, 1.54) is 13.4 Å². The first-order valence-corrected chi connectivity index (χ1v) is 14.8. The van der Waals surface area contributed by atoms with E-state index in [9.17, 15) is 18.0 Å². The van der Waals surface area contributed by atoms with Crippen LogP contribution < -0.4 is 5.32 Å². The van der Waals surface area contributed by atoms with Crippen molar-refractivity contribution in [3.63, 3.8) is 0 Å². The van der Waals surface area contributed by atoms with Crippen molar-refractivity contribution in [1.29, 1.82) is 0 Å². The van der Waals surface area contributed by atoms with Gasteiger partial charge in [0.2, 0.25) is 5.91 Å². The summed E-state index contributed by atoms with van der Waals surface area (Å²) in [5, 5.41) is 3.49. The second kappa shape index (κ2) is 11.4. The molecule has 2 heterocycles. The van der Waals surface area contributed by atoms with Crippen LogP contribution >= 0.6 is 11.6 Å². The first-order chi connectivity index (χ1) is 17.6. The van der Waals surface area contributed by atoms with Crippen molar-refractivity contribution >= 4 is 33.4 Å². The lowest BCUT2D eigenvalue weighted by Crippen LogP contribution is -2.45. The Morgan fingerprint density at radius 1 is 1.08 bits per heavy atom. The van der Waals surface area contributed by atoms with Crippen molar-refractivity contribution in [1.82, 2.24) is 15.1 Å². The number of benzene rings is 2. The molecule has 2 fully saturated rings. The zero-order chi connectivity index (χ0) is 26.6. The highest BCUT2D eigenvalue weighted by Gasteiger charge is 2.47. The van der Waals surface area contributed by atoms with Crippen LogP contribution in [0.1, 0.15) is 42.9 Å². The first kappa shape index (κ1) is 27.4. The Bertz CT molecular complexity index is 1230. The summed E-state index contributed by atoms with van der Waals surface area (Å²) in [6, 6.07) is 14.0. The standard InChI is InChI=1S/C27H34ClN3O5S/c1-36-26(33)29-24(22-5-3-4-6-23(22)28)11-15-30-16-12-27(13-17-30)14-18-31(25(27)32)19-20-7-9-21(10-8-20)37(2,34)35/h3-10,24H,11-19H2,1-2H3,(H,29,33). The second-order valence-electron chi connectivity index (χ2n) is 10.0. The number of hydrogen-bond acceptors (Lipinski definition) is 6. The highest BCUT2D eigenvalue weighted by Crippen LogP contribution is 2.42. The molecule has 37 heavy (non-hydrogen) atoms. The van der Waals surface area contributed by atoms with Gasteiger partial charge in [-0.25, -0.2) is 13.2 Å². The first-order valence-electron chi connectivity index (χ1n) is 12.5. The van der Waals surface area contributed by atoms with Crippen LogP contribution in [0.5, 0.6) is 0 Å². The molecule has 10 heteroatoms. The number of alkyl carbamates (subject to hydrolysis) is 1. The summed E-state index contributed by atoms with van der Waals surface area (Å²) in [6.45, 7) is 3.60. The van der Waals surface area contributed by atoms with Gasteiger partial charge in [-0.1, -0.05) is 41.9 Å². The summed E-state index contributed by atoms with van der Waals surface area (Å²) in [7, 11) is -1.90. The average molecular weight is 548 g/mol. The van der Waals surface area contributed by atoms with Crippen LogP contribution in [0.25, 0.3) is 0 Å². The fourth-order valence-electron chi connectivity index (χ4n) is 5.35. The number of nitrogens with one attached hydrogen (secondary N) is 1. The van der Waals surface area contributed by atoms with E-state index in [1.807, 2.05) is 29.2 Å². The maximum absolute atomic E-state index is 13.4. The quantitative estimate of drug-likeness (QED) is 0.536. The smallest absolute Gasteiger partial charge is 0.407 e. The Kier molecular flexibility index (Phi) is 8.46. The SMILES string of the molecule is COC(=O)NC(CCN1CCC2(CC1)CCN(Cc1ccc(S(C)(=O)=O)cc1)C2=O)c1ccccc1Cl. The summed E-state index contributed by atoms with van der Waals surface area (Å²) >= 11 is 6.39. The Morgan fingerprint density at radius 2 is 1.73 bits per heavy atom. The number of ether oxygens (including phenoxy) is 1. The van der Waals surface area contributed by atoms with Gasteiger partial charge < -0.3 is 19.9 Å². The predicted molar refractivity (Wildman–Crippen MR) is 142 cm³/mol. The van der Waals surface area contributed by atoms with Crippen molar-refractivity contribution in [2.75, 3.05) is 39.5 Å². The van der Waals surface area contributed by atoms with Crippen LogP contribution in [0.2, 0.25) is 5.02 Å². The minimum absolute atomic E-state index is 0.195. The topological polar surface area (TPSA) is 96.0 Å². The van der Waals surface area contributed by atoms with Crippen LogP contribution in [-0.4, -0.2) is 69.8 Å². The molecule has 0 aromatic heterocycles. The van der Waals surface area contributed by atoms with Gasteiger partial charge in [-0.3, -0.25) is 4.79 Å². The van der Waals surface area contributed by atoms with Gasteiger partial charge in [-0.05, 0) is 68.1 Å². The molecule has 1 unspecified atom stereocenters. The molecular weight excluding hydrogens is 514 g/mol. The third-order valence-corrected chi connectivity index (χ3v) is 9.10. The average Bonchev–Trinajstić information content (AvgIpc) is 3.17. The molecule has 0 radical (unpaired) electrons. The molecule has 1 N–H and O–H groups in total. The van der Waals surface area contributed by atoms with Crippen LogP contribution in [0.3, 0.4) is 0 Å². The van der Waals surface area contributed by atoms with Gasteiger partial charge in [0, 0.05) is 30.9 Å². The van der Waals surface area contributed by atoms with Crippen LogP contribution in [0, 0.1) is 5.41 Å². The molecule has 200 valence electrons. The lowest BCUT2D eigenvalue weighted by atomic mass is 9.77. The molecule has 0 saturated carbocycles. The molecule has 2 aromatic carbocycles. The molecule has 2 saturated heterocycles. The van der Waals surface area contributed by atoms with Crippen molar-refractivity contribution in [3.05, 3.63) is 64.7 Å². The molecule has 1 spiro atoms. The lowest BCUT2D eigenvalue weighted by molar-refractivity contribution is -0.138. The molecular formula is C27H34ClN3O5S. The Labute approximate surface area is 223 Å². The number of likely N-dealkylation sites (tertiary alicyclic amines) is 2. The molecule has 2 aromatic rings. The number of carbonyl (C=O) groups excluding carboxylic acids is 2. The fraction of sp³-hybridized carbons (Fsp3) is 0.481. The van der Waals surface area contributed by atoms with E-state index in [0.29, 0.717) is 24.5 Å². The number of rotatable bonds is 8. The fourth-order valence-corrected chi connectivity index (χ4v) is 6.25. The normalized spacial score (nSPS) is 18.7. The molecule has 8 nitrogen and oxygen atoms in total. The zero-order valence-electron chi connectivity index (χ0n) is 21.3. The largest absolute Gasteiger partial charge is 0.453 e. The van der Waals surface area contributed by atoms with Gasteiger partial charge in [0.1, 0.15) is 0 Å². The van der Waals surface area contributed by atoms with Gasteiger partial charge >= 0.3 is 6.09 Å². The summed E-state index contributed by atoms with van der Waals surface area (Å²) in [5.41, 5.74) is 1.46. The maximum Gasteiger partial charge on any atom is 0.407 e. The maximum atomic E-state index is 13.4. The minimum atomic E-state index is -3.24. The van der Waals surface area contributed by atoms with E-state index in [0.717, 1.165) is 50.0 Å². The number of carbonyl (C=O) groups is 2. The Hall–Kier alpha value is -2.62. The van der Waals surface area contributed by atoms with Crippen LogP contribution in [0.15, 0.2) is 53.4 Å². The van der Waals surface area contributed by atoms with E-state index in [2.05, 4.69) is 10.2 Å². The Balaban J connectivity index is 1.32. The molecule has 1 atom stereocenters. The van der Waals surface area contributed by atoms with Crippen molar-refractivity contribution in [3.8, 4) is 0 Å². The Morgan fingerprint density at radius 3 is 2.35 bits per heavy atom. The van der Waals surface area contributed by atoms with Crippen molar-refractivity contribution < 1.29 is 22.7 Å². The van der Waals surface area contributed by atoms with E-state index in [1.54, 1.807) is 24.3 Å². The van der Waals surface area contributed by atoms with Gasteiger partial charge in [0.05, 0.1) is 23.5 Å². The third kappa shape index (κ3) is 6.45. The summed E-state index contributed by atoms with van der Waals surface area (Å²) < 4.78 is 28.2. The van der Waals surface area contributed by atoms with Crippen LogP contribution in [-0.2, 0) is 25.9 Å². The summed E-state index contributed by atoms with van der Waals surface area (Å²) in [6.07, 6.45) is 3.81. The van der Waals surface area contributed by atoms with Crippen molar-refractivity contribution in [2.45, 2.75) is 43.2 Å². The summed E-state index contributed by atoms with van der Waals surface area (Å²) in [4.78, 5) is 29.9. The number of sulfone groups is 1. The summed E-state index contributed by atoms with van der Waals surface area (Å²) in [5.74, 6) is 0.195. The molecule has 2 amide bonds. The predicted octanol–water partition coefficient (Wildman–Crippen LogP) is 4.05. The van der Waals surface area contributed by atoms with Crippen molar-refractivity contribution in [2.24, 2.45) is 5.41 Å². The molecule has 2 aliphatic rings. The molecule has 0 bridgehead atoms. The monoisotopic (exact) mass is 547 g/mol. The molecule has 2 aliphatic heterocycles. The van der Waals surface area contributed by atoms with E-state index in [-0.39, 0.29) is 22.3 Å². The van der Waals surface area contributed by atoms with Gasteiger partial charge in [-0.15, -0.1) is 0 Å². The number of amides is 2. The minimum Gasteiger partial charge on any atom is -0.453 e. The van der Waals surface area contributed by atoms with Gasteiger partial charge in [0.25, 0.3) is 0 Å². The molecule has 4 rings (SSSR count). The third-order valence-electron chi connectivity index (χ3n) is 7.63. The van der Waals surface area contributed by atoms with Gasteiger partial charge in [-0.2, -0.15) is 0 Å². The second-order valence-corrected chi connectivity index (χ2v) is 12.4. The van der Waals surface area contributed by atoms with E-state index >= 15 is 0 Å². The van der Waals surface area contributed by atoms with Crippen LogP contribution in [0.4, 0.5) is 4.79 Å². The number of nitrogens with zero attached hydrogens (tertiary/aromatic N) is 2. The van der Waals surface area contributed by atoms with E-state index < -0.39 is 15.9 Å². The highest BCUT2D eigenvalue weighted by molar-refractivity contribution is 7.90. The number of piperidine rings is 1. The van der Waals surface area contributed by atoms with Gasteiger partial charge in [0.15, 0.2) is 9.84 Å². The van der Waals surface area contributed by atoms with E-state index in [4.69, 9.17) is 16.3 Å². The number of hydrogen-bond donors (Lipinski definition) is 1. The highest BCUT2D eigenvalue weighted by atomic mass is 35.5.